The van der Waals surface area contributed by atoms with E-state index in [1.54, 1.807) is 0 Å². The van der Waals surface area contributed by atoms with Crippen molar-refractivity contribution in [2.24, 2.45) is 0 Å². The van der Waals surface area contributed by atoms with Crippen molar-refractivity contribution < 1.29 is 4.12 Å². The van der Waals surface area contributed by atoms with Gasteiger partial charge in [-0.05, 0) is 93.5 Å². The van der Waals surface area contributed by atoms with Crippen LogP contribution in [0.15, 0.2) is 72.9 Å². The molecule has 0 amide bonds. The molecule has 0 radical (unpaired) electrons. The molecule has 5 aromatic rings. The second-order valence-corrected chi connectivity index (χ2v) is 21.1. The molecule has 5 heteroatoms. The highest BCUT2D eigenvalue weighted by Gasteiger charge is 2.46. The highest BCUT2D eigenvalue weighted by atomic mass is 32.1. The molecule has 2 aromatic heterocycles. The van der Waals surface area contributed by atoms with Crippen LogP contribution >= 0.6 is 11.3 Å². The van der Waals surface area contributed by atoms with Gasteiger partial charge in [0.15, 0.2) is 0 Å². The molecule has 6 rings (SSSR count). The summed E-state index contributed by atoms with van der Waals surface area (Å²) in [6.07, 6.45) is 1.96. The van der Waals surface area contributed by atoms with Crippen molar-refractivity contribution >= 4 is 59.2 Å². The minimum Gasteiger partial charge on any atom is -0.449 e. The lowest BCUT2D eigenvalue weighted by Crippen LogP contribution is -2.43. The zero-order valence-corrected chi connectivity index (χ0v) is 25.0. The second kappa shape index (κ2) is 7.96. The lowest BCUT2D eigenvalue weighted by atomic mass is 9.82. The number of hydrogen-bond acceptors (Lipinski definition) is 3. The molecule has 0 saturated carbocycles. The number of pyridine rings is 1. The van der Waals surface area contributed by atoms with Crippen LogP contribution in [0.5, 0.6) is 0 Å². The molecule has 0 aliphatic carbocycles. The summed E-state index contributed by atoms with van der Waals surface area (Å²) in [5, 5.41) is 6.82. The Morgan fingerprint density at radius 2 is 1.50 bits per heavy atom. The highest BCUT2D eigenvalue weighted by Crippen LogP contribution is 2.41. The van der Waals surface area contributed by atoms with Gasteiger partial charge in [0.2, 0.25) is 16.6 Å². The van der Waals surface area contributed by atoms with Crippen molar-refractivity contribution in [3.63, 3.8) is 0 Å². The Morgan fingerprint density at radius 3 is 2.28 bits per heavy atom. The molecular formula is C31H33NOSSi2. The molecule has 36 heavy (non-hydrogen) atoms. The number of hydrogen-bond donors (Lipinski definition) is 0. The third-order valence-corrected chi connectivity index (χ3v) is 16.5. The van der Waals surface area contributed by atoms with E-state index in [4.69, 9.17) is 9.10 Å². The summed E-state index contributed by atoms with van der Waals surface area (Å²) < 4.78 is 7.93. The van der Waals surface area contributed by atoms with Crippen LogP contribution in [-0.2, 0) is 9.53 Å². The minimum atomic E-state index is -1.86. The molecule has 0 saturated heterocycles. The topological polar surface area (TPSA) is 22.1 Å². The number of thiophene rings is 1. The van der Waals surface area contributed by atoms with Gasteiger partial charge in [0.05, 0.1) is 10.4 Å². The lowest BCUT2D eigenvalue weighted by Gasteiger charge is -2.22. The summed E-state index contributed by atoms with van der Waals surface area (Å²) in [4.78, 5) is 6.22. The van der Waals surface area contributed by atoms with Gasteiger partial charge in [-0.25, -0.2) is 0 Å². The van der Waals surface area contributed by atoms with Crippen molar-refractivity contribution in [3.8, 4) is 21.7 Å². The highest BCUT2D eigenvalue weighted by molar-refractivity contribution is 7.22. The Labute approximate surface area is 220 Å². The van der Waals surface area contributed by atoms with Crippen molar-refractivity contribution in [3.05, 3.63) is 78.5 Å². The molecule has 0 atom stereocenters. The van der Waals surface area contributed by atoms with E-state index in [1.807, 2.05) is 17.5 Å². The van der Waals surface area contributed by atoms with Gasteiger partial charge in [-0.1, -0.05) is 63.2 Å². The molecule has 0 N–H and O–H groups in total. The second-order valence-electron chi connectivity index (χ2n) is 12.1. The van der Waals surface area contributed by atoms with Crippen LogP contribution in [0.25, 0.3) is 42.6 Å². The van der Waals surface area contributed by atoms with Crippen LogP contribution in [0.4, 0.5) is 0 Å². The maximum absolute atomic E-state index is 6.68. The van der Waals surface area contributed by atoms with Gasteiger partial charge >= 0.3 is 0 Å². The largest absolute Gasteiger partial charge is 0.449 e. The summed E-state index contributed by atoms with van der Waals surface area (Å²) in [5.41, 5.74) is 4.98. The quantitative estimate of drug-likeness (QED) is 0.219. The van der Waals surface area contributed by atoms with Crippen molar-refractivity contribution in [1.29, 1.82) is 0 Å². The van der Waals surface area contributed by atoms with Gasteiger partial charge in [-0.3, -0.25) is 4.98 Å². The summed E-state index contributed by atoms with van der Waals surface area (Å²) in [6.45, 7) is 16.2. The molecule has 3 heterocycles. The lowest BCUT2D eigenvalue weighted by molar-refractivity contribution is 0.583. The van der Waals surface area contributed by atoms with Crippen LogP contribution in [0.2, 0.25) is 26.2 Å². The predicted octanol–water partition coefficient (Wildman–Crippen LogP) is 7.94. The van der Waals surface area contributed by atoms with Gasteiger partial charge in [0.1, 0.15) is 0 Å². The Balaban J connectivity index is 1.52. The molecule has 2 nitrogen and oxygen atoms in total. The zero-order chi connectivity index (χ0) is 25.5. The average molecular weight is 524 g/mol. The first-order chi connectivity index (χ1) is 16.9. The molecule has 0 spiro atoms. The summed E-state index contributed by atoms with van der Waals surface area (Å²) in [7, 11) is -3.65. The molecule has 3 aromatic carbocycles. The van der Waals surface area contributed by atoms with E-state index in [1.165, 1.54) is 52.8 Å². The van der Waals surface area contributed by atoms with Crippen molar-refractivity contribution in [1.82, 2.24) is 4.98 Å². The SMILES string of the molecule is CC(C)(C)c1cc(-c2nccc3cc(-c4ccc5c(c4)[Si](C)(C)O[Si]5(C)C)sc23)cc2ccccc12. The fraction of sp³-hybridized carbons (Fsp3) is 0.258. The normalized spacial score (nSPS) is 16.5. The van der Waals surface area contributed by atoms with Gasteiger partial charge < -0.3 is 4.12 Å². The third-order valence-electron chi connectivity index (χ3n) is 7.49. The van der Waals surface area contributed by atoms with Crippen LogP contribution in [0.1, 0.15) is 26.3 Å². The maximum Gasteiger partial charge on any atom is 0.206 e. The first-order valence-corrected chi connectivity index (χ1v) is 19.4. The van der Waals surface area contributed by atoms with Crippen LogP contribution < -0.4 is 10.4 Å². The van der Waals surface area contributed by atoms with E-state index in [-0.39, 0.29) is 5.41 Å². The van der Waals surface area contributed by atoms with Crippen LogP contribution in [0, 0.1) is 0 Å². The number of rotatable bonds is 2. The summed E-state index contributed by atoms with van der Waals surface area (Å²) in [5.74, 6) is 0. The Bertz CT molecular complexity index is 1660. The standard InChI is InChI=1S/C31H33NOSSi2/c1-31(2,3)25-17-23(16-20-10-8-9-11-24(20)25)29-30-22(14-15-32-29)18-26(34-30)21-12-13-27-28(19-21)36(6,7)33-35(27,4)5/h8-19H,1-7H3. The van der Waals surface area contributed by atoms with Gasteiger partial charge in [-0.15, -0.1) is 11.3 Å². The average Bonchev–Trinajstić information content (AvgIpc) is 3.33. The number of nitrogens with zero attached hydrogens (tertiary/aromatic N) is 1. The molecule has 0 unspecified atom stereocenters. The molecular weight excluding hydrogens is 491 g/mol. The fourth-order valence-electron chi connectivity index (χ4n) is 5.85. The van der Waals surface area contributed by atoms with Gasteiger partial charge in [0.25, 0.3) is 0 Å². The maximum atomic E-state index is 6.68. The number of benzene rings is 3. The van der Waals surface area contributed by atoms with E-state index in [0.717, 1.165) is 5.69 Å². The molecule has 182 valence electrons. The Kier molecular flexibility index (Phi) is 5.26. The van der Waals surface area contributed by atoms with E-state index in [0.29, 0.717) is 0 Å². The zero-order valence-electron chi connectivity index (χ0n) is 22.2. The molecule has 1 aliphatic heterocycles. The first kappa shape index (κ1) is 23.8. The van der Waals surface area contributed by atoms with E-state index in [2.05, 4.69) is 114 Å². The van der Waals surface area contributed by atoms with E-state index >= 15 is 0 Å². The fourth-order valence-corrected chi connectivity index (χ4v) is 17.2. The predicted molar refractivity (Wildman–Crippen MR) is 162 cm³/mol. The van der Waals surface area contributed by atoms with Gasteiger partial charge in [0, 0.05) is 16.6 Å². The monoisotopic (exact) mass is 523 g/mol. The van der Waals surface area contributed by atoms with Gasteiger partial charge in [-0.2, -0.15) is 0 Å². The summed E-state index contributed by atoms with van der Waals surface area (Å²) >= 11 is 1.86. The summed E-state index contributed by atoms with van der Waals surface area (Å²) in [6, 6.07) is 25.0. The molecule has 1 aliphatic rings. The third kappa shape index (κ3) is 3.81. The van der Waals surface area contributed by atoms with Crippen molar-refractivity contribution in [2.75, 3.05) is 0 Å². The van der Waals surface area contributed by atoms with E-state index in [9.17, 15) is 0 Å². The number of fused-ring (bicyclic) bond motifs is 3. The van der Waals surface area contributed by atoms with Crippen LogP contribution in [0.3, 0.4) is 0 Å². The molecule has 0 fully saturated rings. The molecule has 0 bridgehead atoms. The Hall–Kier alpha value is -2.58. The van der Waals surface area contributed by atoms with Crippen LogP contribution in [-0.4, -0.2) is 21.6 Å². The van der Waals surface area contributed by atoms with Crippen molar-refractivity contribution in [2.45, 2.75) is 52.4 Å². The smallest absolute Gasteiger partial charge is 0.206 e. The van der Waals surface area contributed by atoms with E-state index < -0.39 is 16.6 Å². The number of aromatic nitrogens is 1. The minimum absolute atomic E-state index is 0.0460. The first-order valence-electron chi connectivity index (χ1n) is 12.7. The Morgan fingerprint density at radius 1 is 0.750 bits per heavy atom.